The van der Waals surface area contributed by atoms with E-state index in [1.165, 1.54) is 22.1 Å². The maximum absolute atomic E-state index is 13.8. The van der Waals surface area contributed by atoms with Crippen molar-refractivity contribution < 1.29 is 29.2 Å². The molecule has 0 spiro atoms. The lowest BCUT2D eigenvalue weighted by molar-refractivity contribution is -0.384. The van der Waals surface area contributed by atoms with Gasteiger partial charge in [-0.3, -0.25) is 29.5 Å². The van der Waals surface area contributed by atoms with Crippen molar-refractivity contribution in [3.63, 3.8) is 0 Å². The van der Waals surface area contributed by atoms with Crippen LogP contribution in [0.2, 0.25) is 0 Å². The molecule has 3 amide bonds. The summed E-state index contributed by atoms with van der Waals surface area (Å²) in [6.45, 7) is 4.75. The Balaban J connectivity index is 1.47. The number of anilines is 2. The van der Waals surface area contributed by atoms with Crippen LogP contribution in [0.3, 0.4) is 0 Å². The Morgan fingerprint density at radius 3 is 2.37 bits per heavy atom. The third-order valence-corrected chi connectivity index (χ3v) is 8.32. The van der Waals surface area contributed by atoms with Gasteiger partial charge in [0, 0.05) is 68.7 Å². The summed E-state index contributed by atoms with van der Waals surface area (Å²) in [4.78, 5) is 61.3. The van der Waals surface area contributed by atoms with Crippen molar-refractivity contribution in [2.75, 3.05) is 50.4 Å². The zero-order valence-electron chi connectivity index (χ0n) is 24.0. The summed E-state index contributed by atoms with van der Waals surface area (Å²) in [5.41, 5.74) is 0.709. The first-order chi connectivity index (χ1) is 20.4. The lowest BCUT2D eigenvalue weighted by Gasteiger charge is -2.39. The highest BCUT2D eigenvalue weighted by Gasteiger charge is 2.45. The van der Waals surface area contributed by atoms with Gasteiger partial charge in [-0.15, -0.1) is 0 Å². The van der Waals surface area contributed by atoms with Gasteiger partial charge in [0.05, 0.1) is 40.0 Å². The number of rotatable bonds is 7. The number of carbonyl (C=O) groups is 3. The number of β-amino-alcohol motifs (C(OH)–C–C–N with tert-alkyl or cyclic N) is 1. The van der Waals surface area contributed by atoms with Crippen LogP contribution in [-0.4, -0.2) is 118 Å². The van der Waals surface area contributed by atoms with Crippen LogP contribution in [0.1, 0.15) is 41.0 Å². The van der Waals surface area contributed by atoms with Crippen molar-refractivity contribution in [3.05, 3.63) is 56.3 Å². The summed E-state index contributed by atoms with van der Waals surface area (Å²) in [6, 6.07) is 3.01. The highest BCUT2D eigenvalue weighted by atomic mass is 79.9. The Hall–Kier alpha value is -3.82. The molecule has 15 heteroatoms. The van der Waals surface area contributed by atoms with Gasteiger partial charge >= 0.3 is 0 Å². The maximum atomic E-state index is 13.8. The SMILES string of the molecule is CNc1cncc(C(=O)N2C[C@H](Nc3c(C(=O)N4C[C@@H](C)O[C@@H](C)C4)cc(Br)cc3[N+](=O)[O-])C[C@H]2C(=O)N2CC(O)C2)c1. The van der Waals surface area contributed by atoms with E-state index in [2.05, 4.69) is 31.5 Å². The minimum Gasteiger partial charge on any atom is -0.389 e. The summed E-state index contributed by atoms with van der Waals surface area (Å²) in [6.07, 6.45) is 2.09. The third kappa shape index (κ3) is 6.43. The lowest BCUT2D eigenvalue weighted by atomic mass is 10.0. The number of aromatic nitrogens is 1. The van der Waals surface area contributed by atoms with Crippen LogP contribution in [0, 0.1) is 10.1 Å². The molecule has 1 aromatic carbocycles. The van der Waals surface area contributed by atoms with E-state index in [4.69, 9.17) is 4.74 Å². The Kier molecular flexibility index (Phi) is 8.85. The quantitative estimate of drug-likeness (QED) is 0.295. The van der Waals surface area contributed by atoms with Gasteiger partial charge in [0.1, 0.15) is 11.7 Å². The fraction of sp³-hybridized carbons (Fsp3) is 0.500. The third-order valence-electron chi connectivity index (χ3n) is 7.86. The topological polar surface area (TPSA) is 170 Å². The summed E-state index contributed by atoms with van der Waals surface area (Å²) in [5, 5.41) is 28.1. The number of likely N-dealkylation sites (tertiary alicyclic amines) is 2. The fourth-order valence-corrected chi connectivity index (χ4v) is 6.33. The van der Waals surface area contributed by atoms with E-state index in [9.17, 15) is 29.6 Å². The van der Waals surface area contributed by atoms with E-state index < -0.39 is 34.9 Å². The highest BCUT2D eigenvalue weighted by Crippen LogP contribution is 2.36. The number of amides is 3. The number of pyridine rings is 1. The normalized spacial score (nSPS) is 24.0. The average Bonchev–Trinajstić information content (AvgIpc) is 3.38. The molecular formula is C28H34BrN7O7. The number of hydrogen-bond donors (Lipinski definition) is 3. The van der Waals surface area contributed by atoms with Gasteiger partial charge in [-0.05, 0) is 32.4 Å². The summed E-state index contributed by atoms with van der Waals surface area (Å²) >= 11 is 3.31. The maximum Gasteiger partial charge on any atom is 0.294 e. The number of nitrogens with one attached hydrogen (secondary N) is 2. The number of hydrogen-bond acceptors (Lipinski definition) is 10. The van der Waals surface area contributed by atoms with Crippen LogP contribution >= 0.6 is 15.9 Å². The second kappa shape index (κ2) is 12.4. The fourth-order valence-electron chi connectivity index (χ4n) is 5.88. The number of carbonyl (C=O) groups excluding carboxylic acids is 3. The number of nitrogens with zero attached hydrogens (tertiary/aromatic N) is 5. The zero-order valence-corrected chi connectivity index (χ0v) is 25.6. The molecule has 4 atom stereocenters. The molecule has 43 heavy (non-hydrogen) atoms. The summed E-state index contributed by atoms with van der Waals surface area (Å²) in [7, 11) is 1.70. The average molecular weight is 661 g/mol. The molecule has 3 aliphatic heterocycles. The van der Waals surface area contributed by atoms with Crippen molar-refractivity contribution in [2.45, 2.75) is 50.7 Å². The largest absolute Gasteiger partial charge is 0.389 e. The number of nitro groups is 1. The van der Waals surface area contributed by atoms with Gasteiger partial charge in [-0.1, -0.05) is 15.9 Å². The van der Waals surface area contributed by atoms with Gasteiger partial charge in [0.2, 0.25) is 5.91 Å². The number of morpholine rings is 1. The van der Waals surface area contributed by atoms with Crippen LogP contribution < -0.4 is 10.6 Å². The lowest BCUT2D eigenvalue weighted by Crippen LogP contribution is -2.58. The van der Waals surface area contributed by atoms with Crippen molar-refractivity contribution in [1.29, 1.82) is 0 Å². The van der Waals surface area contributed by atoms with Crippen molar-refractivity contribution in [2.24, 2.45) is 0 Å². The molecule has 0 radical (unpaired) electrons. The molecule has 3 saturated heterocycles. The molecule has 0 unspecified atom stereocenters. The smallest absolute Gasteiger partial charge is 0.294 e. The molecule has 2 aromatic rings. The van der Waals surface area contributed by atoms with Gasteiger partial charge in [0.25, 0.3) is 17.5 Å². The van der Waals surface area contributed by atoms with Crippen LogP contribution in [-0.2, 0) is 9.53 Å². The first-order valence-corrected chi connectivity index (χ1v) is 14.8. The van der Waals surface area contributed by atoms with Gasteiger partial charge in [0.15, 0.2) is 0 Å². The molecule has 0 bridgehead atoms. The number of halogens is 1. The van der Waals surface area contributed by atoms with Crippen molar-refractivity contribution in [1.82, 2.24) is 19.7 Å². The molecule has 4 heterocycles. The molecule has 3 N–H and O–H groups in total. The van der Waals surface area contributed by atoms with E-state index in [0.29, 0.717) is 23.2 Å². The van der Waals surface area contributed by atoms with Crippen molar-refractivity contribution in [3.8, 4) is 0 Å². The second-order valence-corrected chi connectivity index (χ2v) is 12.1. The Morgan fingerprint density at radius 1 is 1.05 bits per heavy atom. The first kappa shape index (κ1) is 30.6. The van der Waals surface area contributed by atoms with Crippen LogP contribution in [0.15, 0.2) is 35.1 Å². The first-order valence-electron chi connectivity index (χ1n) is 14.0. The van der Waals surface area contributed by atoms with E-state index >= 15 is 0 Å². The number of benzene rings is 1. The van der Waals surface area contributed by atoms with E-state index in [0.717, 1.165) is 0 Å². The Bertz CT molecular complexity index is 1430. The molecule has 3 aliphatic rings. The number of aliphatic hydroxyl groups is 1. The predicted molar refractivity (Wildman–Crippen MR) is 160 cm³/mol. The number of ether oxygens (including phenoxy) is 1. The van der Waals surface area contributed by atoms with Crippen LogP contribution in [0.4, 0.5) is 17.1 Å². The predicted octanol–water partition coefficient (Wildman–Crippen LogP) is 1.94. The molecule has 230 valence electrons. The molecular weight excluding hydrogens is 626 g/mol. The molecule has 0 saturated carbocycles. The van der Waals surface area contributed by atoms with Crippen LogP contribution in [0.25, 0.3) is 0 Å². The van der Waals surface area contributed by atoms with E-state index in [1.54, 1.807) is 30.3 Å². The highest BCUT2D eigenvalue weighted by molar-refractivity contribution is 9.10. The van der Waals surface area contributed by atoms with Gasteiger partial charge in [-0.2, -0.15) is 0 Å². The Morgan fingerprint density at radius 2 is 1.74 bits per heavy atom. The van der Waals surface area contributed by atoms with Crippen molar-refractivity contribution >= 4 is 50.7 Å². The summed E-state index contributed by atoms with van der Waals surface area (Å²) < 4.78 is 6.13. The minimum absolute atomic E-state index is 0.0220. The Labute approximate surface area is 256 Å². The number of nitro benzene ring substituents is 1. The van der Waals surface area contributed by atoms with E-state index in [-0.39, 0.29) is 66.7 Å². The molecule has 5 rings (SSSR count). The summed E-state index contributed by atoms with van der Waals surface area (Å²) in [5.74, 6) is -1.14. The van der Waals surface area contributed by atoms with E-state index in [1.807, 2.05) is 13.8 Å². The van der Waals surface area contributed by atoms with Gasteiger partial charge < -0.3 is 35.2 Å². The molecule has 1 aromatic heterocycles. The second-order valence-electron chi connectivity index (χ2n) is 11.2. The monoisotopic (exact) mass is 659 g/mol. The number of aliphatic hydroxyl groups excluding tert-OH is 1. The molecule has 3 fully saturated rings. The van der Waals surface area contributed by atoms with Gasteiger partial charge in [-0.25, -0.2) is 0 Å². The standard InChI is InChI=1S/C28H34BrN7O7/c1-15-10-33(11-16(2)43-15)27(39)22-5-18(29)6-23(36(41)42)25(22)32-20-7-24(28(40)34-13-21(37)14-34)35(12-20)26(38)17-4-19(30-3)9-31-8-17/h4-6,8-9,15-16,20-21,24,30,32,37H,7,10-14H2,1-3H3/t15-,16+,20-,24+/m1/s1. The minimum atomic E-state index is -0.884. The zero-order chi connectivity index (χ0) is 31.0. The molecule has 0 aliphatic carbocycles. The van der Waals surface area contributed by atoms with Crippen LogP contribution in [0.5, 0.6) is 0 Å². The molecule has 14 nitrogen and oxygen atoms in total.